The van der Waals surface area contributed by atoms with E-state index in [2.05, 4.69) is 5.32 Å². The van der Waals surface area contributed by atoms with Gasteiger partial charge in [0.2, 0.25) is 0 Å². The smallest absolute Gasteiger partial charge is 0.393 e. The number of ketones is 1. The fourth-order valence-corrected chi connectivity index (χ4v) is 3.61. The van der Waals surface area contributed by atoms with Crippen LogP contribution in [0.1, 0.15) is 29.9 Å². The standard InChI is InChI=1S/C18H14F5NO3/c19-7-12-16(17(26)27)14(15-11(24-12)4-5-13(15)25)8-2-1-3-10(20)9(8)6-18(21,22)23/h1-3,14,24H,4-7H2,(H,26,27). The fraction of sp³-hybridized carbons (Fsp3) is 0.333. The van der Waals surface area contributed by atoms with Crippen LogP contribution in [0.25, 0.3) is 0 Å². The Labute approximate surface area is 150 Å². The predicted octanol–water partition coefficient (Wildman–Crippen LogP) is 3.54. The minimum atomic E-state index is -4.75. The molecule has 1 aromatic carbocycles. The highest BCUT2D eigenvalue weighted by molar-refractivity contribution is 6.04. The third-order valence-corrected chi connectivity index (χ3v) is 4.64. The summed E-state index contributed by atoms with van der Waals surface area (Å²) in [5.41, 5.74) is -1.74. The lowest BCUT2D eigenvalue weighted by Crippen LogP contribution is -2.31. The van der Waals surface area contributed by atoms with E-state index in [1.165, 1.54) is 0 Å². The van der Waals surface area contributed by atoms with Crippen molar-refractivity contribution in [3.05, 3.63) is 57.7 Å². The molecule has 0 fully saturated rings. The third-order valence-electron chi connectivity index (χ3n) is 4.64. The molecule has 2 N–H and O–H groups in total. The summed E-state index contributed by atoms with van der Waals surface area (Å²) in [7, 11) is 0. The summed E-state index contributed by atoms with van der Waals surface area (Å²) in [6, 6.07) is 3.12. The van der Waals surface area contributed by atoms with Crippen molar-refractivity contribution >= 4 is 11.8 Å². The Hall–Kier alpha value is -2.71. The van der Waals surface area contributed by atoms with Crippen molar-refractivity contribution < 1.29 is 36.6 Å². The first-order valence-electron chi connectivity index (χ1n) is 8.03. The maximum atomic E-state index is 14.2. The van der Waals surface area contributed by atoms with Crippen LogP contribution in [0.5, 0.6) is 0 Å². The molecule has 0 radical (unpaired) electrons. The van der Waals surface area contributed by atoms with Crippen LogP contribution in [0.15, 0.2) is 40.7 Å². The van der Waals surface area contributed by atoms with Gasteiger partial charge in [-0.2, -0.15) is 13.2 Å². The predicted molar refractivity (Wildman–Crippen MR) is 83.9 cm³/mol. The summed E-state index contributed by atoms with van der Waals surface area (Å²) in [6.45, 7) is -1.22. The van der Waals surface area contributed by atoms with E-state index in [-0.39, 0.29) is 35.4 Å². The highest BCUT2D eigenvalue weighted by atomic mass is 19.4. The van der Waals surface area contributed by atoms with Gasteiger partial charge >= 0.3 is 12.1 Å². The monoisotopic (exact) mass is 387 g/mol. The summed E-state index contributed by atoms with van der Waals surface area (Å²) in [5, 5.41) is 12.1. The Balaban J connectivity index is 2.27. The van der Waals surface area contributed by atoms with E-state index in [1.54, 1.807) is 0 Å². The summed E-state index contributed by atoms with van der Waals surface area (Å²) < 4.78 is 66.6. The van der Waals surface area contributed by atoms with Crippen LogP contribution in [0.4, 0.5) is 22.0 Å². The Bertz CT molecular complexity index is 885. The molecule has 3 rings (SSSR count). The molecule has 1 heterocycles. The average Bonchev–Trinajstić information content (AvgIpc) is 2.95. The normalized spacial score (nSPS) is 20.0. The van der Waals surface area contributed by atoms with Crippen LogP contribution in [-0.2, 0) is 16.0 Å². The first kappa shape index (κ1) is 19.1. The minimum Gasteiger partial charge on any atom is -0.478 e. The Kier molecular flexibility index (Phi) is 4.79. The van der Waals surface area contributed by atoms with Gasteiger partial charge < -0.3 is 10.4 Å². The molecule has 1 unspecified atom stereocenters. The molecule has 1 aliphatic carbocycles. The minimum absolute atomic E-state index is 0.0184. The van der Waals surface area contributed by atoms with Crippen LogP contribution >= 0.6 is 0 Å². The molecule has 4 nitrogen and oxygen atoms in total. The van der Waals surface area contributed by atoms with E-state index in [9.17, 15) is 36.6 Å². The number of allylic oxidation sites excluding steroid dienone is 3. The molecule has 1 atom stereocenters. The van der Waals surface area contributed by atoms with Crippen LogP contribution in [0, 0.1) is 5.82 Å². The number of carboxylic acid groups (broad SMARTS) is 1. The molecule has 0 saturated carbocycles. The highest BCUT2D eigenvalue weighted by Gasteiger charge is 2.43. The van der Waals surface area contributed by atoms with E-state index in [4.69, 9.17) is 0 Å². The lowest BCUT2D eigenvalue weighted by molar-refractivity contribution is -0.133. The van der Waals surface area contributed by atoms with Crippen molar-refractivity contribution in [2.24, 2.45) is 0 Å². The summed E-state index contributed by atoms with van der Waals surface area (Å²) in [6.07, 6.45) is -6.18. The number of nitrogens with one attached hydrogen (secondary N) is 1. The second-order valence-electron chi connectivity index (χ2n) is 6.30. The average molecular weight is 387 g/mol. The number of benzene rings is 1. The van der Waals surface area contributed by atoms with Crippen LogP contribution in [0.2, 0.25) is 0 Å². The van der Waals surface area contributed by atoms with Gasteiger partial charge in [-0.05, 0) is 18.1 Å². The lowest BCUT2D eigenvalue weighted by Gasteiger charge is -2.30. The summed E-state index contributed by atoms with van der Waals surface area (Å²) >= 11 is 0. The van der Waals surface area contributed by atoms with Crippen molar-refractivity contribution in [3.63, 3.8) is 0 Å². The maximum absolute atomic E-state index is 14.2. The van der Waals surface area contributed by atoms with E-state index in [0.29, 0.717) is 0 Å². The molecule has 0 spiro atoms. The second kappa shape index (κ2) is 6.79. The molecule has 2 aliphatic rings. The van der Waals surface area contributed by atoms with Gasteiger partial charge in [-0.1, -0.05) is 12.1 Å². The number of dihydropyridines is 1. The number of carbonyl (C=O) groups is 2. The number of hydrogen-bond donors (Lipinski definition) is 2. The fourth-order valence-electron chi connectivity index (χ4n) is 3.61. The van der Waals surface area contributed by atoms with E-state index < -0.39 is 53.9 Å². The van der Waals surface area contributed by atoms with E-state index in [1.807, 2.05) is 0 Å². The first-order valence-corrected chi connectivity index (χ1v) is 8.03. The number of aliphatic carboxylic acids is 1. The molecule has 27 heavy (non-hydrogen) atoms. The van der Waals surface area contributed by atoms with Gasteiger partial charge in [0.15, 0.2) is 5.78 Å². The van der Waals surface area contributed by atoms with Crippen molar-refractivity contribution in [2.45, 2.75) is 31.4 Å². The largest absolute Gasteiger partial charge is 0.478 e. The zero-order valence-corrected chi connectivity index (χ0v) is 13.8. The highest BCUT2D eigenvalue weighted by Crippen LogP contribution is 2.45. The van der Waals surface area contributed by atoms with Crippen LogP contribution < -0.4 is 5.32 Å². The summed E-state index contributed by atoms with van der Waals surface area (Å²) in [5.74, 6) is -4.68. The molecule has 0 amide bonds. The molecule has 9 heteroatoms. The van der Waals surface area contributed by atoms with Gasteiger partial charge in [-0.15, -0.1) is 0 Å². The topological polar surface area (TPSA) is 66.4 Å². The van der Waals surface area contributed by atoms with Crippen molar-refractivity contribution in [2.75, 3.05) is 6.67 Å². The molecule has 1 aliphatic heterocycles. The van der Waals surface area contributed by atoms with Crippen LogP contribution in [0.3, 0.4) is 0 Å². The van der Waals surface area contributed by atoms with Crippen molar-refractivity contribution in [1.82, 2.24) is 5.32 Å². The zero-order chi connectivity index (χ0) is 19.9. The second-order valence-corrected chi connectivity index (χ2v) is 6.30. The summed E-state index contributed by atoms with van der Waals surface area (Å²) in [4.78, 5) is 24.1. The number of carboxylic acids is 1. The third kappa shape index (κ3) is 3.45. The molecule has 1 aromatic rings. The quantitative estimate of drug-likeness (QED) is 0.776. The molecule has 0 saturated heterocycles. The Morgan fingerprint density at radius 3 is 2.56 bits per heavy atom. The molecule has 0 aromatic heterocycles. The number of rotatable bonds is 4. The Morgan fingerprint density at radius 1 is 1.26 bits per heavy atom. The number of carbonyl (C=O) groups excluding carboxylic acids is 1. The van der Waals surface area contributed by atoms with Gasteiger partial charge in [0.25, 0.3) is 0 Å². The Morgan fingerprint density at radius 2 is 1.96 bits per heavy atom. The molecular formula is C18H14F5NO3. The van der Waals surface area contributed by atoms with Gasteiger partial charge in [0.05, 0.1) is 17.7 Å². The van der Waals surface area contributed by atoms with E-state index in [0.717, 1.165) is 18.2 Å². The SMILES string of the molecule is O=C(O)C1=C(CF)NC2=C(C(=O)CC2)C1c1cccc(F)c1CC(F)(F)F. The molecular weight excluding hydrogens is 373 g/mol. The number of alkyl halides is 4. The van der Waals surface area contributed by atoms with Gasteiger partial charge in [-0.3, -0.25) is 4.79 Å². The van der Waals surface area contributed by atoms with Crippen LogP contribution in [-0.4, -0.2) is 29.7 Å². The maximum Gasteiger partial charge on any atom is 0.393 e. The number of Topliss-reactive ketones (excluding diaryl/α,β-unsaturated/α-hetero) is 1. The lowest BCUT2D eigenvalue weighted by atomic mass is 9.78. The number of hydrogen-bond acceptors (Lipinski definition) is 3. The van der Waals surface area contributed by atoms with Crippen molar-refractivity contribution in [1.29, 1.82) is 0 Å². The molecule has 144 valence electrons. The zero-order valence-electron chi connectivity index (χ0n) is 13.8. The van der Waals surface area contributed by atoms with Gasteiger partial charge in [0.1, 0.15) is 12.5 Å². The van der Waals surface area contributed by atoms with Gasteiger partial charge in [0, 0.05) is 29.2 Å². The number of halogens is 5. The van der Waals surface area contributed by atoms with Crippen molar-refractivity contribution in [3.8, 4) is 0 Å². The first-order chi connectivity index (χ1) is 12.6. The van der Waals surface area contributed by atoms with E-state index >= 15 is 0 Å². The van der Waals surface area contributed by atoms with Gasteiger partial charge in [-0.25, -0.2) is 13.6 Å². The molecule has 0 bridgehead atoms.